The summed E-state index contributed by atoms with van der Waals surface area (Å²) in [5.74, 6) is -0.152. The van der Waals surface area contributed by atoms with Crippen LogP contribution < -0.4 is 10.6 Å². The van der Waals surface area contributed by atoms with Crippen LogP contribution >= 0.6 is 34.7 Å². The second kappa shape index (κ2) is 9.05. The highest BCUT2D eigenvalue weighted by Gasteiger charge is 2.18. The zero-order valence-corrected chi connectivity index (χ0v) is 15.3. The lowest BCUT2D eigenvalue weighted by molar-refractivity contribution is -0.115. The van der Waals surface area contributed by atoms with Crippen molar-refractivity contribution in [1.29, 1.82) is 0 Å². The van der Waals surface area contributed by atoms with Crippen molar-refractivity contribution in [2.75, 3.05) is 17.2 Å². The van der Waals surface area contributed by atoms with E-state index in [0.717, 1.165) is 28.9 Å². The normalized spacial score (nSPS) is 12.0. The first-order valence-corrected chi connectivity index (χ1v) is 9.33. The fourth-order valence-corrected chi connectivity index (χ4v) is 3.71. The summed E-state index contributed by atoms with van der Waals surface area (Å²) < 4.78 is 0.754. The fourth-order valence-electron chi connectivity index (χ4n) is 1.62. The number of anilines is 2. The van der Waals surface area contributed by atoms with E-state index in [1.54, 1.807) is 18.3 Å². The van der Waals surface area contributed by atoms with Crippen LogP contribution in [-0.4, -0.2) is 32.9 Å². The van der Waals surface area contributed by atoms with Crippen LogP contribution in [-0.2, 0) is 4.79 Å². The number of carbonyl (C=O) groups is 1. The van der Waals surface area contributed by atoms with E-state index in [4.69, 9.17) is 11.6 Å². The number of pyridine rings is 1. The molecule has 0 aliphatic heterocycles. The monoisotopic (exact) mass is 371 g/mol. The third-order valence-electron chi connectivity index (χ3n) is 2.88. The molecule has 124 valence electrons. The van der Waals surface area contributed by atoms with Crippen molar-refractivity contribution >= 4 is 51.4 Å². The molecule has 0 aliphatic carbocycles. The molecule has 0 spiro atoms. The molecule has 2 heterocycles. The van der Waals surface area contributed by atoms with E-state index in [0.29, 0.717) is 5.69 Å². The van der Waals surface area contributed by atoms with Gasteiger partial charge in [-0.3, -0.25) is 4.79 Å². The molecule has 2 aromatic heterocycles. The molecule has 6 nitrogen and oxygen atoms in total. The quantitative estimate of drug-likeness (QED) is 0.416. The van der Waals surface area contributed by atoms with E-state index in [1.165, 1.54) is 23.1 Å². The highest BCUT2D eigenvalue weighted by molar-refractivity contribution is 8.02. The molecule has 9 heteroatoms. The number of hydrogen-bond donors (Lipinski definition) is 2. The van der Waals surface area contributed by atoms with Gasteiger partial charge < -0.3 is 10.6 Å². The molecule has 1 atom stereocenters. The molecule has 0 unspecified atom stereocenters. The second-order valence-electron chi connectivity index (χ2n) is 4.74. The Morgan fingerprint density at radius 3 is 3.04 bits per heavy atom. The average Bonchev–Trinajstić information content (AvgIpc) is 2.97. The third-order valence-corrected chi connectivity index (χ3v) is 5.24. The van der Waals surface area contributed by atoms with Gasteiger partial charge in [-0.05, 0) is 25.5 Å². The lowest BCUT2D eigenvalue weighted by Gasteiger charge is -2.10. The second-order valence-corrected chi connectivity index (χ2v) is 7.67. The molecule has 0 radical (unpaired) electrons. The molecule has 0 bridgehead atoms. The molecule has 2 rings (SSSR count). The van der Waals surface area contributed by atoms with Gasteiger partial charge in [0.15, 0.2) is 9.49 Å². The Kier molecular flexibility index (Phi) is 7.07. The zero-order chi connectivity index (χ0) is 16.7. The largest absolute Gasteiger partial charge is 0.360 e. The van der Waals surface area contributed by atoms with E-state index in [9.17, 15) is 4.79 Å². The van der Waals surface area contributed by atoms with Gasteiger partial charge in [-0.2, -0.15) is 0 Å². The number of aromatic nitrogens is 3. The summed E-state index contributed by atoms with van der Waals surface area (Å²) in [6.07, 6.45) is 3.79. The maximum atomic E-state index is 12.2. The third kappa shape index (κ3) is 5.63. The van der Waals surface area contributed by atoms with E-state index < -0.39 is 0 Å². The van der Waals surface area contributed by atoms with Crippen LogP contribution in [0.3, 0.4) is 0 Å². The Hall–Kier alpha value is -1.38. The van der Waals surface area contributed by atoms with Crippen LogP contribution in [0.15, 0.2) is 22.7 Å². The molecule has 0 saturated carbocycles. The van der Waals surface area contributed by atoms with Crippen molar-refractivity contribution in [3.05, 3.63) is 23.5 Å². The maximum Gasteiger partial charge on any atom is 0.237 e. The van der Waals surface area contributed by atoms with Gasteiger partial charge in [0, 0.05) is 12.7 Å². The Labute approximate surface area is 148 Å². The van der Waals surface area contributed by atoms with E-state index in [2.05, 4.69) is 32.7 Å². The van der Waals surface area contributed by atoms with Crippen LogP contribution in [0.4, 0.5) is 10.8 Å². The number of hydrogen-bond acceptors (Lipinski definition) is 7. The van der Waals surface area contributed by atoms with Gasteiger partial charge >= 0.3 is 0 Å². The summed E-state index contributed by atoms with van der Waals surface area (Å²) in [4.78, 5) is 16.1. The minimum absolute atomic E-state index is 0.152. The van der Waals surface area contributed by atoms with Crippen molar-refractivity contribution in [2.45, 2.75) is 36.3 Å². The number of nitrogens with one attached hydrogen (secondary N) is 2. The number of nitrogens with zero attached hydrogens (tertiary/aromatic N) is 3. The Balaban J connectivity index is 1.87. The molecular weight excluding hydrogens is 354 g/mol. The summed E-state index contributed by atoms with van der Waals surface area (Å²) in [7, 11) is 0. The van der Waals surface area contributed by atoms with E-state index >= 15 is 0 Å². The maximum absolute atomic E-state index is 12.2. The fraction of sp³-hybridized carbons (Fsp3) is 0.429. The minimum atomic E-state index is -0.317. The van der Waals surface area contributed by atoms with Crippen molar-refractivity contribution in [3.8, 4) is 0 Å². The Morgan fingerprint density at radius 2 is 2.30 bits per heavy atom. The van der Waals surface area contributed by atoms with Gasteiger partial charge in [-0.25, -0.2) is 4.98 Å². The number of halogens is 1. The standard InChI is InChI=1S/C14H18ClN5OS2/c1-3-4-7-17-13-19-20-14(23-13)22-9(2)12(21)18-10-6-5-8-16-11(10)15/h5-6,8-9H,3-4,7H2,1-2H3,(H,17,19)(H,18,21)/t9-/m1/s1. The van der Waals surface area contributed by atoms with Crippen molar-refractivity contribution in [3.63, 3.8) is 0 Å². The highest BCUT2D eigenvalue weighted by atomic mass is 35.5. The predicted octanol–water partition coefficient (Wildman–Crippen LogP) is 3.92. The first-order chi connectivity index (χ1) is 11.1. The summed E-state index contributed by atoms with van der Waals surface area (Å²) >= 11 is 8.75. The minimum Gasteiger partial charge on any atom is -0.360 e. The van der Waals surface area contributed by atoms with Crippen molar-refractivity contribution in [1.82, 2.24) is 15.2 Å². The van der Waals surface area contributed by atoms with Gasteiger partial charge in [-0.1, -0.05) is 48.0 Å². The highest BCUT2D eigenvalue weighted by Crippen LogP contribution is 2.29. The van der Waals surface area contributed by atoms with Crippen molar-refractivity contribution in [2.24, 2.45) is 0 Å². The summed E-state index contributed by atoms with van der Waals surface area (Å²) in [6.45, 7) is 4.83. The molecule has 0 fully saturated rings. The Morgan fingerprint density at radius 1 is 1.48 bits per heavy atom. The van der Waals surface area contributed by atoms with Crippen LogP contribution in [0, 0.1) is 0 Å². The van der Waals surface area contributed by atoms with Crippen molar-refractivity contribution < 1.29 is 4.79 Å². The molecule has 1 amide bonds. The first kappa shape index (κ1) is 18.0. The molecule has 0 saturated heterocycles. The first-order valence-electron chi connectivity index (χ1n) is 7.25. The zero-order valence-electron chi connectivity index (χ0n) is 12.9. The molecule has 0 aromatic carbocycles. The topological polar surface area (TPSA) is 79.8 Å². The number of carbonyl (C=O) groups excluding carboxylic acids is 1. The van der Waals surface area contributed by atoms with Gasteiger partial charge in [0.2, 0.25) is 11.0 Å². The predicted molar refractivity (Wildman–Crippen MR) is 96.5 cm³/mol. The number of rotatable bonds is 8. The Bertz CT molecular complexity index is 652. The van der Waals surface area contributed by atoms with E-state index in [1.807, 2.05) is 6.92 Å². The molecule has 2 aromatic rings. The number of thioether (sulfide) groups is 1. The molecule has 2 N–H and O–H groups in total. The number of amides is 1. The van der Waals surface area contributed by atoms with Crippen LogP contribution in [0.25, 0.3) is 0 Å². The molecule has 0 aliphatic rings. The summed E-state index contributed by atoms with van der Waals surface area (Å²) in [6, 6.07) is 3.43. The van der Waals surface area contributed by atoms with Gasteiger partial charge in [0.25, 0.3) is 0 Å². The lowest BCUT2D eigenvalue weighted by atomic mass is 10.3. The van der Waals surface area contributed by atoms with Gasteiger partial charge in [-0.15, -0.1) is 10.2 Å². The van der Waals surface area contributed by atoms with Gasteiger partial charge in [0.1, 0.15) is 0 Å². The van der Waals surface area contributed by atoms with E-state index in [-0.39, 0.29) is 16.3 Å². The SMILES string of the molecule is CCCCNc1nnc(S[C@H](C)C(=O)Nc2cccnc2Cl)s1. The average molecular weight is 372 g/mol. The van der Waals surface area contributed by atoms with Gasteiger partial charge in [0.05, 0.1) is 10.9 Å². The number of unbranched alkanes of at least 4 members (excludes halogenated alkanes) is 1. The van der Waals surface area contributed by atoms with Crippen LogP contribution in [0.1, 0.15) is 26.7 Å². The lowest BCUT2D eigenvalue weighted by Crippen LogP contribution is -2.22. The van der Waals surface area contributed by atoms with Crippen LogP contribution in [0.5, 0.6) is 0 Å². The summed E-state index contributed by atoms with van der Waals surface area (Å²) in [5, 5.41) is 14.9. The molecular formula is C14H18ClN5OS2. The van der Waals surface area contributed by atoms with Crippen LogP contribution in [0.2, 0.25) is 5.15 Å². The summed E-state index contributed by atoms with van der Waals surface area (Å²) in [5.41, 5.74) is 0.505. The molecule has 23 heavy (non-hydrogen) atoms. The smallest absolute Gasteiger partial charge is 0.237 e.